The first kappa shape index (κ1) is 17.0. The van der Waals surface area contributed by atoms with E-state index in [9.17, 15) is 4.79 Å². The van der Waals surface area contributed by atoms with Gasteiger partial charge in [0.2, 0.25) is 5.91 Å². The number of hydrogen-bond donors (Lipinski definition) is 1. The van der Waals surface area contributed by atoms with E-state index in [-0.39, 0.29) is 11.8 Å². The summed E-state index contributed by atoms with van der Waals surface area (Å²) in [6.45, 7) is 2.52. The molecular weight excluding hydrogens is 306 g/mol. The Balaban J connectivity index is 1.64. The maximum atomic E-state index is 12.5. The van der Waals surface area contributed by atoms with Gasteiger partial charge in [-0.05, 0) is 35.6 Å². The van der Waals surface area contributed by atoms with Gasteiger partial charge in [-0.15, -0.1) is 0 Å². The molecule has 0 spiro atoms. The monoisotopic (exact) mass is 329 g/mol. The normalized spacial score (nSPS) is 11.7. The molecule has 3 aromatic carbocycles. The third-order valence-electron chi connectivity index (χ3n) is 4.40. The highest BCUT2D eigenvalue weighted by molar-refractivity contribution is 5.83. The fourth-order valence-electron chi connectivity index (χ4n) is 2.89. The number of rotatable bonds is 6. The summed E-state index contributed by atoms with van der Waals surface area (Å²) < 4.78 is 0. The zero-order valence-corrected chi connectivity index (χ0v) is 14.5. The summed E-state index contributed by atoms with van der Waals surface area (Å²) in [5.74, 6) is -0.111. The van der Waals surface area contributed by atoms with Gasteiger partial charge in [0.15, 0.2) is 0 Å². The maximum Gasteiger partial charge on any atom is 0.227 e. The minimum atomic E-state index is -0.167. The molecule has 0 aliphatic carbocycles. The van der Waals surface area contributed by atoms with Crippen molar-refractivity contribution < 1.29 is 4.79 Å². The molecule has 1 unspecified atom stereocenters. The molecule has 0 aliphatic rings. The molecule has 0 bridgehead atoms. The minimum Gasteiger partial charge on any atom is -0.352 e. The van der Waals surface area contributed by atoms with Gasteiger partial charge in [0.25, 0.3) is 0 Å². The van der Waals surface area contributed by atoms with Crippen molar-refractivity contribution in [3.8, 4) is 0 Å². The lowest BCUT2D eigenvalue weighted by Crippen LogP contribution is -2.27. The molecule has 25 heavy (non-hydrogen) atoms. The molecule has 0 saturated heterocycles. The summed E-state index contributed by atoms with van der Waals surface area (Å²) in [6.07, 6.45) is 0.882. The zero-order chi connectivity index (χ0) is 17.5. The Kier molecular flexibility index (Phi) is 5.63. The first-order valence-electron chi connectivity index (χ1n) is 8.67. The van der Waals surface area contributed by atoms with Gasteiger partial charge in [0.05, 0.1) is 5.92 Å². The van der Waals surface area contributed by atoms with Crippen molar-refractivity contribution in [3.05, 3.63) is 107 Å². The fraction of sp³-hybridized carbons (Fsp3) is 0.174. The molecule has 2 heteroatoms. The number of nitrogens with one attached hydrogen (secondary N) is 1. The number of carbonyl (C=O) groups excluding carboxylic acids is 1. The lowest BCUT2D eigenvalue weighted by Gasteiger charge is -2.14. The smallest absolute Gasteiger partial charge is 0.227 e. The van der Waals surface area contributed by atoms with E-state index in [0.29, 0.717) is 6.54 Å². The average Bonchev–Trinajstić information content (AvgIpc) is 2.67. The Bertz CT molecular complexity index is 812. The minimum absolute atomic E-state index is 0.0562. The van der Waals surface area contributed by atoms with Gasteiger partial charge in [-0.1, -0.05) is 84.9 Å². The highest BCUT2D eigenvalue weighted by Gasteiger charge is 2.15. The SMILES string of the molecule is CC(C(=O)NCc1ccccc1)c1cccc(Cc2ccccc2)c1. The third kappa shape index (κ3) is 4.80. The highest BCUT2D eigenvalue weighted by atomic mass is 16.1. The van der Waals surface area contributed by atoms with Crippen LogP contribution in [0, 0.1) is 0 Å². The summed E-state index contributed by atoms with van der Waals surface area (Å²) in [6, 6.07) is 28.7. The van der Waals surface area contributed by atoms with Gasteiger partial charge in [0, 0.05) is 6.54 Å². The van der Waals surface area contributed by atoms with Gasteiger partial charge in [0.1, 0.15) is 0 Å². The Morgan fingerprint density at radius 2 is 1.40 bits per heavy atom. The van der Waals surface area contributed by atoms with Crippen LogP contribution in [0.15, 0.2) is 84.9 Å². The van der Waals surface area contributed by atoms with Crippen molar-refractivity contribution >= 4 is 5.91 Å². The Morgan fingerprint density at radius 3 is 2.08 bits per heavy atom. The molecular formula is C23H23NO. The second-order valence-electron chi connectivity index (χ2n) is 6.33. The van der Waals surface area contributed by atoms with E-state index in [1.807, 2.05) is 55.5 Å². The van der Waals surface area contributed by atoms with E-state index in [1.54, 1.807) is 0 Å². The molecule has 0 heterocycles. The molecule has 0 aliphatic heterocycles. The van der Waals surface area contributed by atoms with Crippen LogP contribution in [0.4, 0.5) is 0 Å². The molecule has 0 saturated carbocycles. The molecule has 1 N–H and O–H groups in total. The van der Waals surface area contributed by atoms with Crippen LogP contribution in [-0.4, -0.2) is 5.91 Å². The van der Waals surface area contributed by atoms with Crippen LogP contribution < -0.4 is 5.32 Å². The zero-order valence-electron chi connectivity index (χ0n) is 14.5. The summed E-state index contributed by atoms with van der Waals surface area (Å²) in [7, 11) is 0. The van der Waals surface area contributed by atoms with E-state index < -0.39 is 0 Å². The molecule has 126 valence electrons. The van der Waals surface area contributed by atoms with E-state index in [4.69, 9.17) is 0 Å². The Morgan fingerprint density at radius 1 is 0.800 bits per heavy atom. The van der Waals surface area contributed by atoms with Crippen molar-refractivity contribution in [1.29, 1.82) is 0 Å². The largest absolute Gasteiger partial charge is 0.352 e. The van der Waals surface area contributed by atoms with E-state index in [0.717, 1.165) is 17.5 Å². The highest BCUT2D eigenvalue weighted by Crippen LogP contribution is 2.19. The van der Waals surface area contributed by atoms with E-state index >= 15 is 0 Å². The second kappa shape index (κ2) is 8.29. The molecule has 3 rings (SSSR count). The van der Waals surface area contributed by atoms with Gasteiger partial charge < -0.3 is 5.32 Å². The number of carbonyl (C=O) groups is 1. The Labute approximate surface area is 149 Å². The topological polar surface area (TPSA) is 29.1 Å². The third-order valence-corrected chi connectivity index (χ3v) is 4.40. The average molecular weight is 329 g/mol. The standard InChI is InChI=1S/C23H23NO/c1-18(23(25)24-17-20-11-6-3-7-12-20)22-14-8-13-21(16-22)15-19-9-4-2-5-10-19/h2-14,16,18H,15,17H2,1H3,(H,24,25). The molecule has 0 radical (unpaired) electrons. The van der Waals surface area contributed by atoms with Gasteiger partial charge in [-0.3, -0.25) is 4.79 Å². The Hall–Kier alpha value is -2.87. The van der Waals surface area contributed by atoms with Gasteiger partial charge in [-0.2, -0.15) is 0 Å². The lowest BCUT2D eigenvalue weighted by atomic mass is 9.96. The molecule has 0 fully saturated rings. The fourth-order valence-corrected chi connectivity index (χ4v) is 2.89. The maximum absolute atomic E-state index is 12.5. The first-order chi connectivity index (χ1) is 12.2. The summed E-state index contributed by atoms with van der Waals surface area (Å²) in [4.78, 5) is 12.5. The van der Waals surface area contributed by atoms with Gasteiger partial charge in [-0.25, -0.2) is 0 Å². The number of benzene rings is 3. The van der Waals surface area contributed by atoms with Crippen LogP contribution in [0.2, 0.25) is 0 Å². The van der Waals surface area contributed by atoms with E-state index in [1.165, 1.54) is 11.1 Å². The molecule has 2 nitrogen and oxygen atoms in total. The molecule has 1 atom stereocenters. The summed E-state index contributed by atoms with van der Waals surface area (Å²) >= 11 is 0. The summed E-state index contributed by atoms with van der Waals surface area (Å²) in [5, 5.41) is 3.03. The predicted octanol–water partition coefficient (Wildman–Crippen LogP) is 4.70. The molecule has 0 aromatic heterocycles. The van der Waals surface area contributed by atoms with Crippen LogP contribution in [0.3, 0.4) is 0 Å². The van der Waals surface area contributed by atoms with Crippen molar-refractivity contribution in [2.45, 2.75) is 25.8 Å². The van der Waals surface area contributed by atoms with Crippen molar-refractivity contribution in [3.63, 3.8) is 0 Å². The summed E-state index contributed by atoms with van der Waals surface area (Å²) in [5.41, 5.74) is 4.67. The van der Waals surface area contributed by atoms with Crippen LogP contribution in [0.1, 0.15) is 35.1 Å². The quantitative estimate of drug-likeness (QED) is 0.698. The van der Waals surface area contributed by atoms with Crippen molar-refractivity contribution in [2.75, 3.05) is 0 Å². The predicted molar refractivity (Wildman–Crippen MR) is 102 cm³/mol. The molecule has 3 aromatic rings. The van der Waals surface area contributed by atoms with Crippen molar-refractivity contribution in [1.82, 2.24) is 5.32 Å². The van der Waals surface area contributed by atoms with Crippen LogP contribution in [0.25, 0.3) is 0 Å². The lowest BCUT2D eigenvalue weighted by molar-refractivity contribution is -0.122. The first-order valence-corrected chi connectivity index (χ1v) is 8.67. The van der Waals surface area contributed by atoms with Crippen LogP contribution in [0.5, 0.6) is 0 Å². The van der Waals surface area contributed by atoms with E-state index in [2.05, 4.69) is 41.7 Å². The second-order valence-corrected chi connectivity index (χ2v) is 6.33. The van der Waals surface area contributed by atoms with Crippen LogP contribution in [-0.2, 0) is 17.8 Å². The van der Waals surface area contributed by atoms with Crippen molar-refractivity contribution in [2.24, 2.45) is 0 Å². The van der Waals surface area contributed by atoms with Crippen LogP contribution >= 0.6 is 0 Å². The van der Waals surface area contributed by atoms with Gasteiger partial charge >= 0.3 is 0 Å². The number of hydrogen-bond acceptors (Lipinski definition) is 1. The molecule has 1 amide bonds. The number of amides is 1.